The van der Waals surface area contributed by atoms with Crippen LogP contribution < -0.4 is 0 Å². The van der Waals surface area contributed by atoms with Gasteiger partial charge in [0, 0.05) is 12.0 Å². The van der Waals surface area contributed by atoms with Gasteiger partial charge in [-0.25, -0.2) is 0 Å². The molecule has 5 heteroatoms. The summed E-state index contributed by atoms with van der Waals surface area (Å²) in [6.45, 7) is 5.63. The summed E-state index contributed by atoms with van der Waals surface area (Å²) in [7, 11) is 0. The van der Waals surface area contributed by atoms with Crippen LogP contribution in [0, 0.1) is 11.8 Å². The number of unbranched alkanes of at least 4 members (excludes halogenated alkanes) is 8. The Morgan fingerprint density at radius 3 is 2.30 bits per heavy atom. The Hall–Kier alpha value is -2.17. The zero-order chi connectivity index (χ0) is 21.7. The number of ether oxygens (including phenoxy) is 2. The minimum Gasteiger partial charge on any atom is -0.469 e. The minimum atomic E-state index is -1.33. The van der Waals surface area contributed by atoms with Crippen LogP contribution in [0.4, 0.5) is 0 Å². The normalized spacial score (nSPS) is 27.4. The van der Waals surface area contributed by atoms with E-state index in [2.05, 4.69) is 6.92 Å². The zero-order valence-electron chi connectivity index (χ0n) is 18.5. The fraction of sp³-hybridized carbons (Fsp3) is 0.640. The van der Waals surface area contributed by atoms with E-state index in [1.54, 1.807) is 26.2 Å². The van der Waals surface area contributed by atoms with E-state index in [1.165, 1.54) is 44.6 Å². The standard InChI is InChI=1S/C25H34O5/c1-4-5-6-7-8-9-10-11-12-13-20(26)22-23-19-16-29-17(2)14-18(19)15-21(27)25(23,3)30-24(22)28/h14-16,22-23H,4-13H2,1-3H3/t22-,23-,25-/m0/s1. The number of Topliss-reactive ketones (excluding diaryl/α,β-unsaturated/α-hetero) is 1. The Kier molecular flexibility index (Phi) is 7.32. The molecule has 0 N–H and O–H groups in total. The summed E-state index contributed by atoms with van der Waals surface area (Å²) in [5.74, 6) is -1.86. The Bertz CT molecular complexity index is 787. The molecule has 3 rings (SSSR count). The molecule has 0 bridgehead atoms. The number of ketones is 2. The molecule has 0 saturated carbocycles. The number of hydrogen-bond donors (Lipinski definition) is 0. The van der Waals surface area contributed by atoms with Gasteiger partial charge in [0.1, 0.15) is 17.5 Å². The lowest BCUT2D eigenvalue weighted by atomic mass is 9.67. The van der Waals surface area contributed by atoms with Gasteiger partial charge in [-0.3, -0.25) is 14.4 Å². The fourth-order valence-electron chi connectivity index (χ4n) is 4.78. The van der Waals surface area contributed by atoms with Crippen molar-refractivity contribution < 1.29 is 23.9 Å². The smallest absolute Gasteiger partial charge is 0.318 e. The molecule has 2 heterocycles. The van der Waals surface area contributed by atoms with E-state index in [9.17, 15) is 14.4 Å². The SMILES string of the molecule is CCCCCCCCCCCC(=O)[C@@H]1C(=O)O[C@@]2(C)C(=O)C=C3C=C(C)OC=C3[C@@H]12. The first-order valence-corrected chi connectivity index (χ1v) is 11.5. The van der Waals surface area contributed by atoms with Crippen molar-refractivity contribution in [2.45, 2.75) is 90.6 Å². The lowest BCUT2D eigenvalue weighted by molar-refractivity contribution is -0.156. The molecule has 5 nitrogen and oxygen atoms in total. The van der Waals surface area contributed by atoms with E-state index in [-0.39, 0.29) is 11.6 Å². The van der Waals surface area contributed by atoms with Crippen LogP contribution in [0.1, 0.15) is 85.0 Å². The van der Waals surface area contributed by atoms with Gasteiger partial charge >= 0.3 is 5.97 Å². The summed E-state index contributed by atoms with van der Waals surface area (Å²) in [4.78, 5) is 38.4. The van der Waals surface area contributed by atoms with Crippen molar-refractivity contribution in [3.05, 3.63) is 35.3 Å². The molecule has 0 unspecified atom stereocenters. The van der Waals surface area contributed by atoms with Gasteiger partial charge in [-0.15, -0.1) is 0 Å². The third kappa shape index (κ3) is 4.60. The topological polar surface area (TPSA) is 69.7 Å². The highest BCUT2D eigenvalue weighted by Gasteiger charge is 2.62. The average Bonchev–Trinajstić information content (AvgIpc) is 2.98. The van der Waals surface area contributed by atoms with Gasteiger partial charge in [0.2, 0.25) is 0 Å². The lowest BCUT2D eigenvalue weighted by Gasteiger charge is -2.35. The molecule has 3 atom stereocenters. The van der Waals surface area contributed by atoms with E-state index < -0.39 is 23.4 Å². The number of allylic oxidation sites excluding steroid dienone is 3. The molecular weight excluding hydrogens is 380 g/mol. The quantitative estimate of drug-likeness (QED) is 0.259. The Morgan fingerprint density at radius 1 is 1.00 bits per heavy atom. The van der Waals surface area contributed by atoms with Crippen LogP contribution >= 0.6 is 0 Å². The van der Waals surface area contributed by atoms with Gasteiger partial charge in [0.05, 0.1) is 12.2 Å². The van der Waals surface area contributed by atoms with E-state index >= 15 is 0 Å². The summed E-state index contributed by atoms with van der Waals surface area (Å²) in [6.07, 6.45) is 15.7. The predicted molar refractivity (Wildman–Crippen MR) is 114 cm³/mol. The largest absolute Gasteiger partial charge is 0.469 e. The molecule has 3 aliphatic rings. The lowest BCUT2D eigenvalue weighted by Crippen LogP contribution is -2.46. The first-order chi connectivity index (χ1) is 14.4. The molecule has 164 valence electrons. The first-order valence-electron chi connectivity index (χ1n) is 11.5. The number of carbonyl (C=O) groups excluding carboxylic acids is 3. The molecule has 0 aromatic rings. The zero-order valence-corrected chi connectivity index (χ0v) is 18.5. The van der Waals surface area contributed by atoms with Gasteiger partial charge in [-0.05, 0) is 38.0 Å². The maximum absolute atomic E-state index is 13.0. The summed E-state index contributed by atoms with van der Waals surface area (Å²) < 4.78 is 11.0. The fourth-order valence-corrected chi connectivity index (χ4v) is 4.78. The molecule has 0 amide bonds. The van der Waals surface area contributed by atoms with Crippen molar-refractivity contribution in [1.29, 1.82) is 0 Å². The summed E-state index contributed by atoms with van der Waals surface area (Å²) in [6, 6.07) is 0. The molecule has 0 aromatic carbocycles. The van der Waals surface area contributed by atoms with E-state index in [1.807, 2.05) is 0 Å². The highest BCUT2D eigenvalue weighted by atomic mass is 16.6. The van der Waals surface area contributed by atoms with Crippen LogP contribution in [-0.2, 0) is 23.9 Å². The van der Waals surface area contributed by atoms with Crippen LogP contribution in [0.5, 0.6) is 0 Å². The minimum absolute atomic E-state index is 0.127. The molecule has 0 aromatic heterocycles. The molecule has 30 heavy (non-hydrogen) atoms. The average molecular weight is 415 g/mol. The van der Waals surface area contributed by atoms with Crippen LogP contribution in [0.15, 0.2) is 35.3 Å². The van der Waals surface area contributed by atoms with E-state index in [0.29, 0.717) is 23.3 Å². The van der Waals surface area contributed by atoms with Crippen LogP contribution in [0.3, 0.4) is 0 Å². The number of carbonyl (C=O) groups is 3. The predicted octanol–water partition coefficient (Wildman–Crippen LogP) is 5.35. The van der Waals surface area contributed by atoms with E-state index in [4.69, 9.17) is 9.47 Å². The maximum atomic E-state index is 13.0. The molecular formula is C25H34O5. The molecule has 1 aliphatic carbocycles. The third-order valence-corrected chi connectivity index (χ3v) is 6.54. The number of fused-ring (bicyclic) bond motifs is 3. The summed E-state index contributed by atoms with van der Waals surface area (Å²) >= 11 is 0. The van der Waals surface area contributed by atoms with Gasteiger partial charge < -0.3 is 9.47 Å². The third-order valence-electron chi connectivity index (χ3n) is 6.54. The number of esters is 1. The molecule has 0 radical (unpaired) electrons. The van der Waals surface area contributed by atoms with Crippen LogP contribution in [-0.4, -0.2) is 23.1 Å². The van der Waals surface area contributed by atoms with Gasteiger partial charge in [-0.2, -0.15) is 0 Å². The van der Waals surface area contributed by atoms with Crippen molar-refractivity contribution in [3.63, 3.8) is 0 Å². The van der Waals surface area contributed by atoms with Crippen molar-refractivity contribution >= 4 is 17.5 Å². The highest BCUT2D eigenvalue weighted by Crippen LogP contribution is 2.49. The molecule has 1 saturated heterocycles. The van der Waals surface area contributed by atoms with E-state index in [0.717, 1.165) is 19.3 Å². The maximum Gasteiger partial charge on any atom is 0.318 e. The van der Waals surface area contributed by atoms with Gasteiger partial charge in [0.15, 0.2) is 11.4 Å². The monoisotopic (exact) mass is 414 g/mol. The Labute approximate surface area is 179 Å². The van der Waals surface area contributed by atoms with Crippen molar-refractivity contribution in [2.75, 3.05) is 0 Å². The van der Waals surface area contributed by atoms with Crippen molar-refractivity contribution in [2.24, 2.45) is 11.8 Å². The number of rotatable bonds is 11. The van der Waals surface area contributed by atoms with Gasteiger partial charge in [0.25, 0.3) is 0 Å². The molecule has 0 spiro atoms. The van der Waals surface area contributed by atoms with Crippen LogP contribution in [0.25, 0.3) is 0 Å². The Balaban J connectivity index is 1.57. The Morgan fingerprint density at radius 2 is 1.63 bits per heavy atom. The summed E-state index contributed by atoms with van der Waals surface area (Å²) in [5, 5.41) is 0. The number of hydrogen-bond acceptors (Lipinski definition) is 5. The summed E-state index contributed by atoms with van der Waals surface area (Å²) in [5.41, 5.74) is 0.0950. The second-order valence-corrected chi connectivity index (χ2v) is 8.94. The van der Waals surface area contributed by atoms with Crippen LogP contribution in [0.2, 0.25) is 0 Å². The second kappa shape index (κ2) is 9.76. The molecule has 1 fully saturated rings. The first kappa shape index (κ1) is 22.5. The van der Waals surface area contributed by atoms with Crippen molar-refractivity contribution in [3.8, 4) is 0 Å². The highest BCUT2D eigenvalue weighted by molar-refractivity contribution is 6.09. The van der Waals surface area contributed by atoms with Gasteiger partial charge in [-0.1, -0.05) is 58.3 Å². The molecule has 2 aliphatic heterocycles. The van der Waals surface area contributed by atoms with Crippen molar-refractivity contribution in [1.82, 2.24) is 0 Å². The second-order valence-electron chi connectivity index (χ2n) is 8.94.